The summed E-state index contributed by atoms with van der Waals surface area (Å²) >= 11 is 7.51. The van der Waals surface area contributed by atoms with Gasteiger partial charge in [0.1, 0.15) is 0 Å². The molecule has 0 saturated carbocycles. The number of aliphatic hydroxyl groups is 1. The van der Waals surface area contributed by atoms with Crippen LogP contribution >= 0.6 is 28.6 Å². The molecular formula is C11H14BrNO3S. The maximum atomic E-state index is 11.8. The summed E-state index contributed by atoms with van der Waals surface area (Å²) in [5, 5.41) is 12.0. The predicted octanol–water partition coefficient (Wildman–Crippen LogP) is 1.47. The molecule has 94 valence electrons. The molecule has 17 heavy (non-hydrogen) atoms. The van der Waals surface area contributed by atoms with Gasteiger partial charge in [-0.15, -0.1) is 12.6 Å². The number of ether oxygens (including phenoxy) is 1. The lowest BCUT2D eigenvalue weighted by Crippen LogP contribution is -2.34. The Kier molecular flexibility index (Phi) is 5.97. The molecule has 2 N–H and O–H groups in total. The fourth-order valence-electron chi connectivity index (χ4n) is 1.25. The van der Waals surface area contributed by atoms with Crippen LogP contribution in [-0.4, -0.2) is 37.4 Å². The second kappa shape index (κ2) is 7.00. The maximum Gasteiger partial charge on any atom is 0.252 e. The van der Waals surface area contributed by atoms with E-state index >= 15 is 0 Å². The molecule has 0 fully saturated rings. The van der Waals surface area contributed by atoms with Gasteiger partial charge in [-0.05, 0) is 18.2 Å². The Morgan fingerprint density at radius 3 is 2.94 bits per heavy atom. The number of nitrogens with one attached hydrogen (secondary N) is 1. The molecule has 6 heteroatoms. The van der Waals surface area contributed by atoms with Gasteiger partial charge in [-0.3, -0.25) is 4.79 Å². The minimum Gasteiger partial charge on any atom is -0.389 e. The zero-order valence-corrected chi connectivity index (χ0v) is 11.8. The second-order valence-electron chi connectivity index (χ2n) is 3.48. The first kappa shape index (κ1) is 14.5. The number of rotatable bonds is 5. The van der Waals surface area contributed by atoms with Gasteiger partial charge in [0.25, 0.3) is 5.91 Å². The number of halogens is 1. The Bertz CT molecular complexity index is 400. The molecule has 1 amide bonds. The summed E-state index contributed by atoms with van der Waals surface area (Å²) in [6.07, 6.45) is -0.706. The Labute approximate surface area is 114 Å². The highest BCUT2D eigenvalue weighted by Crippen LogP contribution is 2.19. The zero-order chi connectivity index (χ0) is 12.8. The van der Waals surface area contributed by atoms with Crippen molar-refractivity contribution < 1.29 is 14.6 Å². The van der Waals surface area contributed by atoms with Gasteiger partial charge in [0, 0.05) is 23.0 Å². The first-order valence-electron chi connectivity index (χ1n) is 4.98. The molecule has 0 aliphatic carbocycles. The molecule has 0 saturated heterocycles. The highest BCUT2D eigenvalue weighted by Gasteiger charge is 2.11. The van der Waals surface area contributed by atoms with Crippen molar-refractivity contribution in [1.82, 2.24) is 5.32 Å². The number of hydrogen-bond donors (Lipinski definition) is 3. The second-order valence-corrected chi connectivity index (χ2v) is 4.88. The molecule has 4 nitrogen and oxygen atoms in total. The largest absolute Gasteiger partial charge is 0.389 e. The van der Waals surface area contributed by atoms with E-state index in [1.807, 2.05) is 0 Å². The Balaban J connectivity index is 2.58. The van der Waals surface area contributed by atoms with Crippen molar-refractivity contribution in [2.75, 3.05) is 20.3 Å². The molecule has 0 aliphatic heterocycles. The highest BCUT2D eigenvalue weighted by atomic mass is 79.9. The van der Waals surface area contributed by atoms with Crippen molar-refractivity contribution in [3.8, 4) is 0 Å². The molecule has 0 heterocycles. The highest BCUT2D eigenvalue weighted by molar-refractivity contribution is 9.10. The number of benzene rings is 1. The number of carbonyl (C=O) groups excluding carboxylic acids is 1. The summed E-state index contributed by atoms with van der Waals surface area (Å²) in [4.78, 5) is 12.3. The number of aliphatic hydroxyl groups excluding tert-OH is 1. The van der Waals surface area contributed by atoms with Gasteiger partial charge in [-0.2, -0.15) is 0 Å². The van der Waals surface area contributed by atoms with E-state index in [4.69, 9.17) is 4.74 Å². The summed E-state index contributed by atoms with van der Waals surface area (Å²) in [5.74, 6) is -0.266. The van der Waals surface area contributed by atoms with E-state index in [1.165, 1.54) is 7.11 Å². The minimum absolute atomic E-state index is 0.149. The summed E-state index contributed by atoms with van der Waals surface area (Å²) in [7, 11) is 1.49. The molecule has 0 bridgehead atoms. The third-order valence-electron chi connectivity index (χ3n) is 2.06. The third kappa shape index (κ3) is 4.67. The lowest BCUT2D eigenvalue weighted by atomic mass is 10.2. The fourth-order valence-corrected chi connectivity index (χ4v) is 2.11. The normalized spacial score (nSPS) is 12.2. The Morgan fingerprint density at radius 2 is 2.35 bits per heavy atom. The number of carbonyl (C=O) groups is 1. The molecule has 1 aromatic rings. The minimum atomic E-state index is -0.706. The van der Waals surface area contributed by atoms with Crippen LogP contribution in [0, 0.1) is 0 Å². The number of thiol groups is 1. The van der Waals surface area contributed by atoms with Crippen molar-refractivity contribution in [2.45, 2.75) is 11.0 Å². The lowest BCUT2D eigenvalue weighted by Gasteiger charge is -2.11. The fraction of sp³-hybridized carbons (Fsp3) is 0.364. The molecule has 1 aromatic carbocycles. The SMILES string of the molecule is COCC(O)CNC(=O)c1ccc(Br)cc1S. The maximum absolute atomic E-state index is 11.8. The number of amides is 1. The number of methoxy groups -OCH3 is 1. The molecule has 1 unspecified atom stereocenters. The molecule has 0 radical (unpaired) electrons. The average molecular weight is 320 g/mol. The van der Waals surface area contributed by atoms with Gasteiger partial charge < -0.3 is 15.2 Å². The van der Waals surface area contributed by atoms with E-state index in [0.717, 1.165) is 4.47 Å². The van der Waals surface area contributed by atoms with Crippen LogP contribution in [0.5, 0.6) is 0 Å². The Morgan fingerprint density at radius 1 is 1.65 bits per heavy atom. The van der Waals surface area contributed by atoms with Gasteiger partial charge >= 0.3 is 0 Å². The summed E-state index contributed by atoms with van der Waals surface area (Å²) in [5.41, 5.74) is 0.473. The van der Waals surface area contributed by atoms with Gasteiger partial charge in [0.15, 0.2) is 0 Å². The van der Waals surface area contributed by atoms with Crippen molar-refractivity contribution in [3.05, 3.63) is 28.2 Å². The van der Waals surface area contributed by atoms with E-state index < -0.39 is 6.10 Å². The summed E-state index contributed by atoms with van der Waals surface area (Å²) < 4.78 is 5.62. The molecule has 0 spiro atoms. The standard InChI is InChI=1S/C11H14BrNO3S/c1-16-6-8(14)5-13-11(15)9-3-2-7(12)4-10(9)17/h2-4,8,14,17H,5-6H2,1H3,(H,13,15). The smallest absolute Gasteiger partial charge is 0.252 e. The summed E-state index contributed by atoms with van der Waals surface area (Å²) in [6, 6.07) is 5.17. The molecular weight excluding hydrogens is 306 g/mol. The molecule has 1 atom stereocenters. The van der Waals surface area contributed by atoms with Crippen molar-refractivity contribution in [2.24, 2.45) is 0 Å². The van der Waals surface area contributed by atoms with Crippen LogP contribution in [0.3, 0.4) is 0 Å². The average Bonchev–Trinajstić information content (AvgIpc) is 2.26. The van der Waals surface area contributed by atoms with Crippen LogP contribution in [0.1, 0.15) is 10.4 Å². The predicted molar refractivity (Wildman–Crippen MR) is 71.6 cm³/mol. The van der Waals surface area contributed by atoms with Gasteiger partial charge in [0.05, 0.1) is 18.3 Å². The first-order valence-corrected chi connectivity index (χ1v) is 6.22. The first-order chi connectivity index (χ1) is 8.04. The molecule has 1 rings (SSSR count). The van der Waals surface area contributed by atoms with Crippen LogP contribution in [-0.2, 0) is 4.74 Å². The van der Waals surface area contributed by atoms with Crippen molar-refractivity contribution in [3.63, 3.8) is 0 Å². The van der Waals surface area contributed by atoms with Gasteiger partial charge in [-0.25, -0.2) is 0 Å². The van der Waals surface area contributed by atoms with Crippen LogP contribution in [0.2, 0.25) is 0 Å². The number of hydrogen-bond acceptors (Lipinski definition) is 4. The lowest BCUT2D eigenvalue weighted by molar-refractivity contribution is 0.0609. The molecule has 0 aromatic heterocycles. The monoisotopic (exact) mass is 319 g/mol. The van der Waals surface area contributed by atoms with E-state index in [-0.39, 0.29) is 19.1 Å². The van der Waals surface area contributed by atoms with E-state index in [1.54, 1.807) is 18.2 Å². The third-order valence-corrected chi connectivity index (χ3v) is 2.92. The van der Waals surface area contributed by atoms with Crippen LogP contribution in [0.25, 0.3) is 0 Å². The quantitative estimate of drug-likeness (QED) is 0.720. The van der Waals surface area contributed by atoms with Crippen LogP contribution in [0.15, 0.2) is 27.6 Å². The van der Waals surface area contributed by atoms with E-state index in [9.17, 15) is 9.90 Å². The van der Waals surface area contributed by atoms with Crippen molar-refractivity contribution in [1.29, 1.82) is 0 Å². The van der Waals surface area contributed by atoms with Gasteiger partial charge in [-0.1, -0.05) is 15.9 Å². The van der Waals surface area contributed by atoms with Gasteiger partial charge in [0.2, 0.25) is 0 Å². The van der Waals surface area contributed by atoms with Crippen LogP contribution < -0.4 is 5.32 Å². The van der Waals surface area contributed by atoms with E-state index in [2.05, 4.69) is 33.9 Å². The topological polar surface area (TPSA) is 58.6 Å². The van der Waals surface area contributed by atoms with Crippen molar-refractivity contribution >= 4 is 34.5 Å². The Hall–Kier alpha value is -0.560. The summed E-state index contributed by atoms with van der Waals surface area (Å²) in [6.45, 7) is 0.338. The van der Waals surface area contributed by atoms with E-state index in [0.29, 0.717) is 10.5 Å². The molecule has 0 aliphatic rings. The van der Waals surface area contributed by atoms with Crippen LogP contribution in [0.4, 0.5) is 0 Å². The zero-order valence-electron chi connectivity index (χ0n) is 9.31.